The summed E-state index contributed by atoms with van der Waals surface area (Å²) in [5.74, 6) is 2.26. The summed E-state index contributed by atoms with van der Waals surface area (Å²) in [6, 6.07) is 17.4. The Morgan fingerprint density at radius 1 is 1.15 bits per heavy atom. The van der Waals surface area contributed by atoms with E-state index in [1.165, 1.54) is 6.33 Å². The van der Waals surface area contributed by atoms with E-state index in [0.29, 0.717) is 22.8 Å². The number of amides is 1. The molecule has 1 saturated heterocycles. The maximum atomic E-state index is 12.7. The minimum atomic E-state index is 0.106. The molecule has 2 aliphatic rings. The van der Waals surface area contributed by atoms with E-state index in [9.17, 15) is 4.79 Å². The smallest absolute Gasteiger partial charge is 0.247 e. The van der Waals surface area contributed by atoms with Gasteiger partial charge in [-0.1, -0.05) is 18.2 Å². The molecule has 1 amide bonds. The fraction of sp³-hybridized carbons (Fsp3) is 0.333. The van der Waals surface area contributed by atoms with E-state index in [2.05, 4.69) is 20.2 Å². The second kappa shape index (κ2) is 11.6. The number of hydrogen-bond acceptors (Lipinski definition) is 8. The van der Waals surface area contributed by atoms with Gasteiger partial charge in [-0.3, -0.25) is 10.2 Å². The van der Waals surface area contributed by atoms with Gasteiger partial charge in [-0.2, -0.15) is 0 Å². The first-order valence-corrected chi connectivity index (χ1v) is 14.2. The number of benzene rings is 2. The standard InChI is InChI=1S/C30H34N6O2S/c1-35(2)17-25(39-3)13-27(37)36-18-30(19-36)14-22(15-30)34-29-26(16-32-20-33-29)28(31)21-9-11-24(12-10-21)38-23-7-5-4-6-8-23/h4-13,16,20,22,31H,14-15,17-19H2,1-3H3,(H,32,33,34)/b25-13-,31-28?. The molecule has 202 valence electrons. The summed E-state index contributed by atoms with van der Waals surface area (Å²) in [7, 11) is 4.02. The van der Waals surface area contributed by atoms with Crippen molar-refractivity contribution in [3.63, 3.8) is 0 Å². The van der Waals surface area contributed by atoms with Crippen molar-refractivity contribution >= 4 is 29.2 Å². The van der Waals surface area contributed by atoms with Gasteiger partial charge in [0.25, 0.3) is 0 Å². The molecule has 2 N–H and O–H groups in total. The number of carbonyl (C=O) groups is 1. The molecule has 1 aromatic heterocycles. The summed E-state index contributed by atoms with van der Waals surface area (Å²) >= 11 is 1.63. The number of aromatic nitrogens is 2. The van der Waals surface area contributed by atoms with Gasteiger partial charge in [0, 0.05) is 53.8 Å². The molecular weight excluding hydrogens is 508 g/mol. The Bertz CT molecular complexity index is 1350. The summed E-state index contributed by atoms with van der Waals surface area (Å²) in [6.45, 7) is 2.38. The molecule has 1 spiro atoms. The quantitative estimate of drug-likeness (QED) is 0.278. The molecule has 1 aliphatic carbocycles. The third kappa shape index (κ3) is 6.32. The van der Waals surface area contributed by atoms with Crippen LogP contribution in [0.2, 0.25) is 0 Å². The van der Waals surface area contributed by atoms with Gasteiger partial charge in [0.05, 0.1) is 11.3 Å². The number of carbonyl (C=O) groups excluding carboxylic acids is 1. The molecule has 2 aromatic carbocycles. The highest BCUT2D eigenvalue weighted by atomic mass is 32.2. The fourth-order valence-electron chi connectivity index (χ4n) is 5.27. The Balaban J connectivity index is 1.16. The number of likely N-dealkylation sites (tertiary alicyclic amines) is 1. The van der Waals surface area contributed by atoms with E-state index in [-0.39, 0.29) is 17.4 Å². The van der Waals surface area contributed by atoms with Crippen LogP contribution in [0.5, 0.6) is 11.5 Å². The third-order valence-corrected chi connectivity index (χ3v) is 7.96. The Morgan fingerprint density at radius 3 is 2.51 bits per heavy atom. The highest BCUT2D eigenvalue weighted by Crippen LogP contribution is 2.49. The van der Waals surface area contributed by atoms with Crippen molar-refractivity contribution in [1.82, 2.24) is 19.8 Å². The zero-order valence-corrected chi connectivity index (χ0v) is 23.4. The van der Waals surface area contributed by atoms with Gasteiger partial charge >= 0.3 is 0 Å². The van der Waals surface area contributed by atoms with E-state index in [4.69, 9.17) is 10.1 Å². The van der Waals surface area contributed by atoms with Crippen LogP contribution < -0.4 is 10.1 Å². The predicted molar refractivity (Wildman–Crippen MR) is 157 cm³/mol. The highest BCUT2D eigenvalue weighted by molar-refractivity contribution is 8.02. The zero-order chi connectivity index (χ0) is 27.4. The molecular formula is C30H34N6O2S. The number of rotatable bonds is 10. The van der Waals surface area contributed by atoms with Crippen LogP contribution in [-0.2, 0) is 4.79 Å². The zero-order valence-electron chi connectivity index (χ0n) is 22.6. The number of nitrogens with one attached hydrogen (secondary N) is 2. The van der Waals surface area contributed by atoms with Crippen LogP contribution in [-0.4, -0.2) is 77.4 Å². The topological polar surface area (TPSA) is 94.4 Å². The predicted octanol–water partition coefficient (Wildman–Crippen LogP) is 4.90. The van der Waals surface area contributed by atoms with Gasteiger partial charge in [-0.25, -0.2) is 9.97 Å². The van der Waals surface area contributed by atoms with Crippen LogP contribution in [0.15, 0.2) is 78.1 Å². The summed E-state index contributed by atoms with van der Waals surface area (Å²) in [6.07, 6.45) is 8.96. The Labute approximate surface area is 234 Å². The fourth-order valence-corrected chi connectivity index (χ4v) is 5.87. The number of anilines is 1. The maximum absolute atomic E-state index is 12.7. The minimum absolute atomic E-state index is 0.106. The Hall–Kier alpha value is -3.69. The maximum Gasteiger partial charge on any atom is 0.247 e. The van der Waals surface area contributed by atoms with Crippen molar-refractivity contribution in [2.24, 2.45) is 5.41 Å². The molecule has 5 rings (SSSR count). The van der Waals surface area contributed by atoms with Crippen LogP contribution in [0.4, 0.5) is 5.82 Å². The average Bonchev–Trinajstić information content (AvgIpc) is 2.89. The normalized spacial score (nSPS) is 16.5. The van der Waals surface area contributed by atoms with E-state index < -0.39 is 0 Å². The second-order valence-electron chi connectivity index (χ2n) is 10.6. The van der Waals surface area contributed by atoms with E-state index >= 15 is 0 Å². The number of hydrogen-bond donors (Lipinski definition) is 2. The van der Waals surface area contributed by atoms with E-state index in [1.807, 2.05) is 79.8 Å². The lowest BCUT2D eigenvalue weighted by Gasteiger charge is -2.59. The lowest BCUT2D eigenvalue weighted by molar-refractivity contribution is -0.145. The molecule has 0 atom stereocenters. The van der Waals surface area contributed by atoms with Crippen molar-refractivity contribution < 1.29 is 9.53 Å². The van der Waals surface area contributed by atoms with Gasteiger partial charge in [0.1, 0.15) is 23.6 Å². The molecule has 2 heterocycles. The Kier molecular flexibility index (Phi) is 7.99. The first-order chi connectivity index (χ1) is 18.8. The molecule has 39 heavy (non-hydrogen) atoms. The van der Waals surface area contributed by atoms with Crippen molar-refractivity contribution in [3.8, 4) is 11.5 Å². The second-order valence-corrected chi connectivity index (χ2v) is 11.5. The molecule has 3 aromatic rings. The largest absolute Gasteiger partial charge is 0.457 e. The van der Waals surface area contributed by atoms with Crippen LogP contribution in [0.1, 0.15) is 24.0 Å². The monoisotopic (exact) mass is 542 g/mol. The first kappa shape index (κ1) is 26.9. The van der Waals surface area contributed by atoms with Crippen molar-refractivity contribution in [1.29, 1.82) is 5.41 Å². The number of ether oxygens (including phenoxy) is 1. The first-order valence-electron chi connectivity index (χ1n) is 13.0. The SMILES string of the molecule is CS/C(=C\C(=O)N1CC2(CC(Nc3ncncc3C(=N)c3ccc(Oc4ccccc4)cc3)C2)C1)CN(C)C. The van der Waals surface area contributed by atoms with Gasteiger partial charge in [-0.05, 0) is 69.6 Å². The molecule has 0 radical (unpaired) electrons. The minimum Gasteiger partial charge on any atom is -0.457 e. The summed E-state index contributed by atoms with van der Waals surface area (Å²) in [5.41, 5.74) is 1.97. The van der Waals surface area contributed by atoms with Crippen molar-refractivity contribution in [2.75, 3.05) is 45.3 Å². The van der Waals surface area contributed by atoms with Crippen LogP contribution in [0.25, 0.3) is 0 Å². The number of nitrogens with zero attached hydrogens (tertiary/aromatic N) is 4. The van der Waals surface area contributed by atoms with Crippen LogP contribution in [0.3, 0.4) is 0 Å². The number of para-hydroxylation sites is 1. The summed E-state index contributed by atoms with van der Waals surface area (Å²) in [4.78, 5) is 26.4. The average molecular weight is 543 g/mol. The summed E-state index contributed by atoms with van der Waals surface area (Å²) in [5, 5.41) is 12.4. The lowest BCUT2D eigenvalue weighted by atomic mass is 9.60. The molecule has 0 bridgehead atoms. The van der Waals surface area contributed by atoms with Crippen LogP contribution in [0, 0.1) is 10.8 Å². The van der Waals surface area contributed by atoms with Crippen LogP contribution >= 0.6 is 11.8 Å². The highest BCUT2D eigenvalue weighted by Gasteiger charge is 2.53. The molecule has 1 aliphatic heterocycles. The van der Waals surface area contributed by atoms with Gasteiger partial charge in [0.15, 0.2) is 0 Å². The number of thioether (sulfide) groups is 1. The summed E-state index contributed by atoms with van der Waals surface area (Å²) < 4.78 is 5.88. The van der Waals surface area contributed by atoms with E-state index in [1.54, 1.807) is 24.0 Å². The van der Waals surface area contributed by atoms with Gasteiger partial charge in [0.2, 0.25) is 5.91 Å². The van der Waals surface area contributed by atoms with Gasteiger partial charge in [-0.15, -0.1) is 11.8 Å². The lowest BCUT2D eigenvalue weighted by Crippen LogP contribution is -2.66. The Morgan fingerprint density at radius 2 is 1.85 bits per heavy atom. The number of likely N-dealkylation sites (N-methyl/N-ethyl adjacent to an activating group) is 1. The van der Waals surface area contributed by atoms with E-state index in [0.717, 1.165) is 48.7 Å². The van der Waals surface area contributed by atoms with Crippen molar-refractivity contribution in [3.05, 3.63) is 89.2 Å². The molecule has 1 saturated carbocycles. The molecule has 8 nitrogen and oxygen atoms in total. The van der Waals surface area contributed by atoms with Crippen molar-refractivity contribution in [2.45, 2.75) is 18.9 Å². The van der Waals surface area contributed by atoms with Gasteiger partial charge < -0.3 is 19.9 Å². The molecule has 9 heteroatoms. The third-order valence-electron chi connectivity index (χ3n) is 7.19. The molecule has 2 fully saturated rings. The molecule has 0 unspecified atom stereocenters.